The van der Waals surface area contributed by atoms with Crippen LogP contribution in [0.15, 0.2) is 36.5 Å². The molecule has 0 saturated heterocycles. The highest BCUT2D eigenvalue weighted by Gasteiger charge is 2.08. The third kappa shape index (κ3) is 2.94. The molecule has 0 aliphatic heterocycles. The molecule has 88 valence electrons. The van der Waals surface area contributed by atoms with Crippen molar-refractivity contribution in [3.05, 3.63) is 47.2 Å². The number of nitrogens with zero attached hydrogens (tertiary/aromatic N) is 2. The second-order valence-corrected chi connectivity index (χ2v) is 4.44. The van der Waals surface area contributed by atoms with E-state index in [9.17, 15) is 0 Å². The average molecular weight is 248 g/mol. The maximum absolute atomic E-state index is 6.10. The molecule has 1 heterocycles. The molecule has 0 radical (unpaired) electrons. The zero-order valence-electron chi connectivity index (χ0n) is 9.81. The van der Waals surface area contributed by atoms with Crippen molar-refractivity contribution in [2.24, 2.45) is 0 Å². The summed E-state index contributed by atoms with van der Waals surface area (Å²) in [5.41, 5.74) is 1.91. The highest BCUT2D eigenvalue weighted by Crippen LogP contribution is 2.23. The van der Waals surface area contributed by atoms with Gasteiger partial charge in [0.05, 0.1) is 0 Å². The van der Waals surface area contributed by atoms with Crippen LogP contribution in [0.25, 0.3) is 0 Å². The van der Waals surface area contributed by atoms with Crippen LogP contribution < -0.4 is 5.32 Å². The fourth-order valence-corrected chi connectivity index (χ4v) is 1.82. The Hall–Kier alpha value is -1.61. The van der Waals surface area contributed by atoms with Crippen LogP contribution >= 0.6 is 11.6 Å². The maximum atomic E-state index is 6.10. The van der Waals surface area contributed by atoms with Gasteiger partial charge < -0.3 is 5.32 Å². The summed E-state index contributed by atoms with van der Waals surface area (Å²) in [5.74, 6) is 0.846. The monoisotopic (exact) mass is 247 g/mol. The number of anilines is 2. The molecule has 0 saturated carbocycles. The molecule has 2 rings (SSSR count). The van der Waals surface area contributed by atoms with E-state index < -0.39 is 0 Å². The SMILES string of the molecule is CC(C)c1cnc(Nc2ccccc2)nc1Cl. The smallest absolute Gasteiger partial charge is 0.228 e. The van der Waals surface area contributed by atoms with Crippen molar-refractivity contribution >= 4 is 23.2 Å². The van der Waals surface area contributed by atoms with Crippen LogP contribution in [-0.2, 0) is 0 Å². The van der Waals surface area contributed by atoms with E-state index in [1.54, 1.807) is 6.20 Å². The van der Waals surface area contributed by atoms with E-state index in [0.717, 1.165) is 11.3 Å². The molecule has 0 fully saturated rings. The van der Waals surface area contributed by atoms with E-state index in [2.05, 4.69) is 29.1 Å². The highest BCUT2D eigenvalue weighted by atomic mass is 35.5. The Balaban J connectivity index is 2.21. The van der Waals surface area contributed by atoms with Crippen LogP contribution in [0.1, 0.15) is 25.3 Å². The van der Waals surface area contributed by atoms with Gasteiger partial charge in [-0.15, -0.1) is 0 Å². The summed E-state index contributed by atoms with van der Waals surface area (Å²) in [6, 6.07) is 9.76. The molecule has 0 bridgehead atoms. The molecule has 2 aromatic rings. The summed E-state index contributed by atoms with van der Waals surface area (Å²) >= 11 is 6.10. The minimum absolute atomic E-state index is 0.327. The van der Waals surface area contributed by atoms with E-state index in [-0.39, 0.29) is 0 Å². The standard InChI is InChI=1S/C13H14ClN3/c1-9(2)11-8-15-13(17-12(11)14)16-10-6-4-3-5-7-10/h3-9H,1-2H3,(H,15,16,17). The van der Waals surface area contributed by atoms with Crippen molar-refractivity contribution in [3.8, 4) is 0 Å². The first-order valence-corrected chi connectivity index (χ1v) is 5.89. The van der Waals surface area contributed by atoms with E-state index in [1.165, 1.54) is 0 Å². The first-order valence-electron chi connectivity index (χ1n) is 5.51. The Labute approximate surface area is 106 Å². The van der Waals surface area contributed by atoms with E-state index in [4.69, 9.17) is 11.6 Å². The van der Waals surface area contributed by atoms with Crippen LogP contribution in [0.2, 0.25) is 5.15 Å². The Kier molecular flexibility index (Phi) is 3.59. The number of halogens is 1. The summed E-state index contributed by atoms with van der Waals surface area (Å²) in [6.45, 7) is 4.13. The van der Waals surface area contributed by atoms with Crippen LogP contribution in [0.4, 0.5) is 11.6 Å². The number of nitrogens with one attached hydrogen (secondary N) is 1. The Morgan fingerprint density at radius 2 is 1.88 bits per heavy atom. The molecule has 17 heavy (non-hydrogen) atoms. The van der Waals surface area contributed by atoms with Gasteiger partial charge in [-0.1, -0.05) is 43.6 Å². The first kappa shape index (κ1) is 11.9. The third-order valence-electron chi connectivity index (χ3n) is 2.42. The van der Waals surface area contributed by atoms with Crippen molar-refractivity contribution in [1.29, 1.82) is 0 Å². The number of rotatable bonds is 3. The minimum atomic E-state index is 0.327. The topological polar surface area (TPSA) is 37.8 Å². The lowest BCUT2D eigenvalue weighted by Gasteiger charge is -2.09. The van der Waals surface area contributed by atoms with Crippen molar-refractivity contribution in [3.63, 3.8) is 0 Å². The second-order valence-electron chi connectivity index (χ2n) is 4.09. The molecule has 3 nitrogen and oxygen atoms in total. The average Bonchev–Trinajstić information content (AvgIpc) is 2.30. The van der Waals surface area contributed by atoms with Crippen molar-refractivity contribution in [2.45, 2.75) is 19.8 Å². The second kappa shape index (κ2) is 5.15. The van der Waals surface area contributed by atoms with Crippen molar-refractivity contribution in [1.82, 2.24) is 9.97 Å². The summed E-state index contributed by atoms with van der Waals surface area (Å²) in [7, 11) is 0. The number of benzene rings is 1. The molecule has 0 spiro atoms. The van der Waals surface area contributed by atoms with Crippen LogP contribution in [0, 0.1) is 0 Å². The summed E-state index contributed by atoms with van der Waals surface area (Å²) in [4.78, 5) is 8.48. The molecule has 0 aliphatic rings. The fourth-order valence-electron chi connectivity index (χ4n) is 1.47. The van der Waals surface area contributed by atoms with Gasteiger partial charge in [-0.05, 0) is 18.1 Å². The zero-order valence-corrected chi connectivity index (χ0v) is 10.6. The molecule has 0 atom stereocenters. The van der Waals surface area contributed by atoms with Gasteiger partial charge in [-0.2, -0.15) is 0 Å². The predicted octanol–water partition coefficient (Wildman–Crippen LogP) is 4.00. The lowest BCUT2D eigenvalue weighted by atomic mass is 10.1. The molecule has 1 aromatic heterocycles. The summed E-state index contributed by atoms with van der Waals surface area (Å²) in [6.07, 6.45) is 1.77. The maximum Gasteiger partial charge on any atom is 0.228 e. The van der Waals surface area contributed by atoms with Gasteiger partial charge in [0.15, 0.2) is 0 Å². The number of para-hydroxylation sites is 1. The Morgan fingerprint density at radius 3 is 2.47 bits per heavy atom. The molecule has 0 aliphatic carbocycles. The van der Waals surface area contributed by atoms with Crippen LogP contribution in [0.5, 0.6) is 0 Å². The predicted molar refractivity (Wildman–Crippen MR) is 70.9 cm³/mol. The number of aromatic nitrogens is 2. The lowest BCUT2D eigenvalue weighted by Crippen LogP contribution is -2.00. The number of hydrogen-bond acceptors (Lipinski definition) is 3. The third-order valence-corrected chi connectivity index (χ3v) is 2.72. The van der Waals surface area contributed by atoms with Crippen molar-refractivity contribution < 1.29 is 0 Å². The van der Waals surface area contributed by atoms with E-state index in [0.29, 0.717) is 17.0 Å². The van der Waals surface area contributed by atoms with Crippen LogP contribution in [-0.4, -0.2) is 9.97 Å². The first-order chi connectivity index (χ1) is 8.16. The molecule has 1 N–H and O–H groups in total. The van der Waals surface area contributed by atoms with Gasteiger partial charge >= 0.3 is 0 Å². The number of hydrogen-bond donors (Lipinski definition) is 1. The van der Waals surface area contributed by atoms with Gasteiger partial charge in [0.2, 0.25) is 5.95 Å². The summed E-state index contributed by atoms with van der Waals surface area (Å²) < 4.78 is 0. The van der Waals surface area contributed by atoms with Gasteiger partial charge in [0.1, 0.15) is 5.15 Å². The Morgan fingerprint density at radius 1 is 1.18 bits per heavy atom. The molecule has 4 heteroatoms. The van der Waals surface area contributed by atoms with Crippen LogP contribution in [0.3, 0.4) is 0 Å². The molecular weight excluding hydrogens is 234 g/mol. The largest absolute Gasteiger partial charge is 0.324 e. The zero-order chi connectivity index (χ0) is 12.3. The fraction of sp³-hybridized carbons (Fsp3) is 0.231. The Bertz CT molecular complexity index is 497. The van der Waals surface area contributed by atoms with E-state index >= 15 is 0 Å². The van der Waals surface area contributed by atoms with Gasteiger partial charge in [-0.25, -0.2) is 9.97 Å². The van der Waals surface area contributed by atoms with E-state index in [1.807, 2.05) is 30.3 Å². The lowest BCUT2D eigenvalue weighted by molar-refractivity contribution is 0.847. The molecule has 1 aromatic carbocycles. The van der Waals surface area contributed by atoms with Crippen molar-refractivity contribution in [2.75, 3.05) is 5.32 Å². The molecule has 0 unspecified atom stereocenters. The highest BCUT2D eigenvalue weighted by molar-refractivity contribution is 6.30. The minimum Gasteiger partial charge on any atom is -0.324 e. The van der Waals surface area contributed by atoms with Gasteiger partial charge in [0.25, 0.3) is 0 Å². The molecule has 0 amide bonds. The summed E-state index contributed by atoms with van der Waals surface area (Å²) in [5, 5.41) is 3.61. The normalized spacial score (nSPS) is 10.6. The quantitative estimate of drug-likeness (QED) is 0.834. The van der Waals surface area contributed by atoms with Gasteiger partial charge in [-0.3, -0.25) is 0 Å². The molecular formula is C13H14ClN3. The van der Waals surface area contributed by atoms with Gasteiger partial charge in [0, 0.05) is 17.4 Å².